The summed E-state index contributed by atoms with van der Waals surface area (Å²) >= 11 is 12.7. The van der Waals surface area contributed by atoms with E-state index in [0.29, 0.717) is 27.7 Å². The highest BCUT2D eigenvalue weighted by Gasteiger charge is 2.22. The van der Waals surface area contributed by atoms with Crippen LogP contribution in [-0.2, 0) is 7.05 Å². The van der Waals surface area contributed by atoms with Gasteiger partial charge in [-0.1, -0.05) is 64.8 Å². The van der Waals surface area contributed by atoms with Crippen LogP contribution in [0.2, 0.25) is 10.0 Å². The van der Waals surface area contributed by atoms with Gasteiger partial charge < -0.3 is 14.9 Å². The minimum Gasteiger partial charge on any atom is -0.478 e. The van der Waals surface area contributed by atoms with Crippen molar-refractivity contribution in [3.8, 4) is 11.1 Å². The number of carboxylic acid groups (broad SMARTS) is 1. The maximum atomic E-state index is 11.9. The minimum atomic E-state index is -0.965. The normalized spacial score (nSPS) is 12.4. The molecule has 0 spiro atoms. The van der Waals surface area contributed by atoms with Crippen LogP contribution in [0, 0.1) is 6.92 Å². The number of halogens is 2. The first-order valence-corrected chi connectivity index (χ1v) is 12.2. The number of rotatable bonds is 7. The van der Waals surface area contributed by atoms with Crippen LogP contribution in [0.5, 0.6) is 0 Å². The molecule has 4 rings (SSSR count). The number of oxime groups is 1. The van der Waals surface area contributed by atoms with E-state index in [1.807, 2.05) is 37.3 Å². The quantitative estimate of drug-likeness (QED) is 0.155. The molecule has 0 aliphatic heterocycles. The van der Waals surface area contributed by atoms with Crippen molar-refractivity contribution in [2.45, 2.75) is 19.3 Å². The summed E-state index contributed by atoms with van der Waals surface area (Å²) in [6.07, 6.45) is 1.94. The molecule has 0 aliphatic rings. The topological polar surface area (TPSA) is 91.9 Å². The number of aromatic nitrogens is 1. The molecule has 37 heavy (non-hydrogen) atoms. The van der Waals surface area contributed by atoms with Crippen LogP contribution in [0.3, 0.4) is 0 Å². The van der Waals surface area contributed by atoms with Crippen molar-refractivity contribution in [1.29, 1.82) is 0 Å². The Bertz CT molecular complexity index is 1560. The van der Waals surface area contributed by atoms with Crippen molar-refractivity contribution < 1.29 is 15.1 Å². The molecule has 188 valence electrons. The number of aromatic carboxylic acids is 1. The lowest BCUT2D eigenvalue weighted by atomic mass is 9.84. The van der Waals surface area contributed by atoms with Crippen LogP contribution in [0.25, 0.3) is 11.1 Å². The monoisotopic (exact) mass is 534 g/mol. The molecule has 0 unspecified atom stereocenters. The zero-order chi connectivity index (χ0) is 26.7. The van der Waals surface area contributed by atoms with Crippen molar-refractivity contribution in [2.24, 2.45) is 12.2 Å². The molecule has 4 aromatic rings. The van der Waals surface area contributed by atoms with Gasteiger partial charge in [-0.3, -0.25) is 4.79 Å². The maximum Gasteiger partial charge on any atom is 0.335 e. The second kappa shape index (κ2) is 11.0. The van der Waals surface area contributed by atoms with Crippen molar-refractivity contribution in [3.63, 3.8) is 0 Å². The van der Waals surface area contributed by atoms with Gasteiger partial charge in [0.2, 0.25) is 5.56 Å². The molecule has 0 bridgehead atoms. The third kappa shape index (κ3) is 5.77. The SMILES string of the molecule is Cc1cc(C(=O)O)ccc1-c1ccc([C@H](CC(=NO)c2ccc(=O)n(C)c2)c2ccc(Cl)cc2Cl)cc1. The number of hydrogen-bond donors (Lipinski definition) is 2. The van der Waals surface area contributed by atoms with Crippen molar-refractivity contribution in [2.75, 3.05) is 0 Å². The molecule has 1 heterocycles. The van der Waals surface area contributed by atoms with E-state index in [2.05, 4.69) is 5.16 Å². The minimum absolute atomic E-state index is 0.166. The maximum absolute atomic E-state index is 11.9. The zero-order valence-corrected chi connectivity index (χ0v) is 21.7. The fourth-order valence-electron chi connectivity index (χ4n) is 4.38. The third-order valence-electron chi connectivity index (χ3n) is 6.37. The van der Waals surface area contributed by atoms with E-state index < -0.39 is 5.97 Å². The molecule has 0 amide bonds. The first-order valence-electron chi connectivity index (χ1n) is 11.4. The van der Waals surface area contributed by atoms with Gasteiger partial charge in [-0.2, -0.15) is 0 Å². The first-order chi connectivity index (χ1) is 17.7. The molecule has 0 saturated carbocycles. The van der Waals surface area contributed by atoms with Crippen LogP contribution in [0.15, 0.2) is 88.9 Å². The fraction of sp³-hybridized carbons (Fsp3) is 0.138. The standard InChI is InChI=1S/C29H24Cl2N2O4/c1-17-13-20(29(35)36)7-10-23(17)18-3-5-19(6-4-18)25(24-11-9-22(30)14-26(24)31)15-27(32-37)21-8-12-28(34)33(2)16-21/h3-14,16,25,37H,15H2,1-2H3,(H,35,36)/t25-/m0/s1. The predicted octanol–water partition coefficient (Wildman–Crippen LogP) is 6.77. The smallest absolute Gasteiger partial charge is 0.335 e. The van der Waals surface area contributed by atoms with E-state index in [-0.39, 0.29) is 17.0 Å². The number of benzene rings is 3. The Hall–Kier alpha value is -3.87. The van der Waals surface area contributed by atoms with Gasteiger partial charge in [-0.15, -0.1) is 0 Å². The lowest BCUT2D eigenvalue weighted by Crippen LogP contribution is -2.18. The van der Waals surface area contributed by atoms with E-state index in [1.54, 1.807) is 49.6 Å². The van der Waals surface area contributed by atoms with Crippen LogP contribution in [0.1, 0.15) is 45.0 Å². The molecule has 3 aromatic carbocycles. The summed E-state index contributed by atoms with van der Waals surface area (Å²) in [6.45, 7) is 1.88. The summed E-state index contributed by atoms with van der Waals surface area (Å²) in [7, 11) is 1.64. The van der Waals surface area contributed by atoms with E-state index in [9.17, 15) is 19.9 Å². The van der Waals surface area contributed by atoms with Crippen LogP contribution in [-0.4, -0.2) is 26.6 Å². The molecule has 8 heteroatoms. The van der Waals surface area contributed by atoms with Crippen molar-refractivity contribution >= 4 is 34.9 Å². The highest BCUT2D eigenvalue weighted by atomic mass is 35.5. The Morgan fingerprint density at radius 2 is 1.68 bits per heavy atom. The lowest BCUT2D eigenvalue weighted by molar-refractivity contribution is 0.0697. The van der Waals surface area contributed by atoms with E-state index in [1.165, 1.54) is 10.6 Å². The summed E-state index contributed by atoms with van der Waals surface area (Å²) < 4.78 is 1.43. The van der Waals surface area contributed by atoms with Gasteiger partial charge in [0.05, 0.1) is 11.3 Å². The summed E-state index contributed by atoms with van der Waals surface area (Å²) in [5.74, 6) is -1.25. The molecular formula is C29H24Cl2N2O4. The second-order valence-corrected chi connectivity index (χ2v) is 9.64. The molecule has 0 fully saturated rings. The second-order valence-electron chi connectivity index (χ2n) is 8.79. The molecule has 0 saturated heterocycles. The molecular weight excluding hydrogens is 511 g/mol. The first kappa shape index (κ1) is 26.2. The summed E-state index contributed by atoms with van der Waals surface area (Å²) in [5, 5.41) is 23.7. The number of hydrogen-bond acceptors (Lipinski definition) is 4. The number of nitrogens with zero attached hydrogens (tertiary/aromatic N) is 2. The molecule has 6 nitrogen and oxygen atoms in total. The van der Waals surface area contributed by atoms with Gasteiger partial charge in [0.25, 0.3) is 0 Å². The van der Waals surface area contributed by atoms with Gasteiger partial charge in [-0.05, 0) is 65.1 Å². The van der Waals surface area contributed by atoms with Gasteiger partial charge in [-0.25, -0.2) is 4.79 Å². The molecule has 2 N–H and O–H groups in total. The molecule has 1 atom stereocenters. The van der Waals surface area contributed by atoms with Gasteiger partial charge in [0.1, 0.15) is 0 Å². The van der Waals surface area contributed by atoms with Gasteiger partial charge in [0.15, 0.2) is 0 Å². The van der Waals surface area contributed by atoms with Gasteiger partial charge in [0, 0.05) is 47.3 Å². The Morgan fingerprint density at radius 3 is 2.27 bits per heavy atom. The van der Waals surface area contributed by atoms with Crippen LogP contribution < -0.4 is 5.56 Å². The van der Waals surface area contributed by atoms with Crippen molar-refractivity contribution in [1.82, 2.24) is 4.57 Å². The average molecular weight is 535 g/mol. The van der Waals surface area contributed by atoms with Crippen molar-refractivity contribution in [3.05, 3.63) is 127 Å². The van der Waals surface area contributed by atoms with Gasteiger partial charge >= 0.3 is 5.97 Å². The molecule has 1 aromatic heterocycles. The molecule has 0 aliphatic carbocycles. The summed E-state index contributed by atoms with van der Waals surface area (Å²) in [5.41, 5.74) is 5.56. The number of pyridine rings is 1. The van der Waals surface area contributed by atoms with E-state index >= 15 is 0 Å². The zero-order valence-electron chi connectivity index (χ0n) is 20.2. The third-order valence-corrected chi connectivity index (χ3v) is 6.93. The van der Waals surface area contributed by atoms with Crippen LogP contribution >= 0.6 is 23.2 Å². The summed E-state index contributed by atoms with van der Waals surface area (Å²) in [6, 6.07) is 21.3. The van der Waals surface area contributed by atoms with E-state index in [0.717, 1.165) is 27.8 Å². The Labute approximate surface area is 224 Å². The Morgan fingerprint density at radius 1 is 0.973 bits per heavy atom. The molecule has 0 radical (unpaired) electrons. The highest BCUT2D eigenvalue weighted by molar-refractivity contribution is 6.35. The predicted molar refractivity (Wildman–Crippen MR) is 147 cm³/mol. The highest BCUT2D eigenvalue weighted by Crippen LogP contribution is 2.36. The number of carboxylic acids is 1. The summed E-state index contributed by atoms with van der Waals surface area (Å²) in [4.78, 5) is 23.1. The number of aryl methyl sites for hydroxylation is 2. The lowest BCUT2D eigenvalue weighted by Gasteiger charge is -2.21. The largest absolute Gasteiger partial charge is 0.478 e. The number of carbonyl (C=O) groups is 1. The van der Waals surface area contributed by atoms with E-state index in [4.69, 9.17) is 23.2 Å². The fourth-order valence-corrected chi connectivity index (χ4v) is 4.92. The van der Waals surface area contributed by atoms with Crippen LogP contribution in [0.4, 0.5) is 0 Å². The average Bonchev–Trinajstić information content (AvgIpc) is 2.87. The Balaban J connectivity index is 1.74. The Kier molecular flexibility index (Phi) is 7.81.